The summed E-state index contributed by atoms with van der Waals surface area (Å²) in [5, 5.41) is 9.50. The van der Waals surface area contributed by atoms with E-state index in [-0.39, 0.29) is 23.0 Å². The number of piperidine rings is 1. The molecular weight excluding hydrogens is 374 g/mol. The summed E-state index contributed by atoms with van der Waals surface area (Å²) in [6.45, 7) is 8.62. The molecule has 0 bridgehead atoms. The van der Waals surface area contributed by atoms with Gasteiger partial charge in [0.1, 0.15) is 6.04 Å². The van der Waals surface area contributed by atoms with E-state index >= 15 is 0 Å². The smallest absolute Gasteiger partial charge is 0.243 e. The fraction of sp³-hybridized carbons (Fsp3) is 0.440. The highest BCUT2D eigenvalue weighted by Gasteiger charge is 2.38. The third-order valence-corrected chi connectivity index (χ3v) is 5.62. The van der Waals surface area contributed by atoms with Crippen LogP contribution in [0.1, 0.15) is 46.1 Å². The maximum absolute atomic E-state index is 13.0. The topological polar surface area (TPSA) is 70.2 Å². The maximum atomic E-state index is 13.0. The second-order valence-corrected chi connectivity index (χ2v) is 9.61. The molecule has 3 N–H and O–H groups in total. The van der Waals surface area contributed by atoms with Crippen LogP contribution in [-0.4, -0.2) is 35.5 Å². The van der Waals surface area contributed by atoms with E-state index in [9.17, 15) is 9.59 Å². The normalized spacial score (nSPS) is 18.9. The first kappa shape index (κ1) is 22.0. The van der Waals surface area contributed by atoms with Gasteiger partial charge in [0.2, 0.25) is 12.3 Å². The lowest BCUT2D eigenvalue weighted by atomic mass is 9.79. The van der Waals surface area contributed by atoms with Crippen LogP contribution in [0.15, 0.2) is 54.6 Å². The van der Waals surface area contributed by atoms with Gasteiger partial charge in [-0.1, -0.05) is 54.6 Å². The summed E-state index contributed by atoms with van der Waals surface area (Å²) in [4.78, 5) is 24.1. The fourth-order valence-electron chi connectivity index (χ4n) is 4.74. The lowest BCUT2D eigenvalue weighted by Crippen LogP contribution is -2.63. The monoisotopic (exact) mass is 407 g/mol. The van der Waals surface area contributed by atoms with E-state index < -0.39 is 6.04 Å². The van der Waals surface area contributed by atoms with Crippen LogP contribution in [-0.2, 0) is 16.0 Å². The zero-order valence-corrected chi connectivity index (χ0v) is 18.4. The van der Waals surface area contributed by atoms with E-state index in [0.717, 1.165) is 29.5 Å². The van der Waals surface area contributed by atoms with E-state index in [2.05, 4.69) is 67.9 Å². The first-order chi connectivity index (χ1) is 14.2. The molecule has 1 aliphatic heterocycles. The molecule has 1 aliphatic rings. The molecule has 160 valence electrons. The number of benzene rings is 2. The molecule has 3 rings (SSSR count). The average molecular weight is 408 g/mol. The van der Waals surface area contributed by atoms with Crippen molar-refractivity contribution >= 4 is 12.3 Å². The van der Waals surface area contributed by atoms with Crippen molar-refractivity contribution in [2.75, 3.05) is 0 Å². The molecular formula is C25H33N3O2. The largest absolute Gasteiger partial charge is 0.351 e. The minimum absolute atomic E-state index is 0.0550. The predicted molar refractivity (Wildman–Crippen MR) is 121 cm³/mol. The number of nitrogens with one attached hydrogen (secondary N) is 3. The lowest BCUT2D eigenvalue weighted by molar-refractivity contribution is -0.126. The molecule has 2 aromatic rings. The Morgan fingerprint density at radius 1 is 1.00 bits per heavy atom. The molecule has 0 spiro atoms. The van der Waals surface area contributed by atoms with Crippen molar-refractivity contribution in [3.05, 3.63) is 60.2 Å². The zero-order chi connectivity index (χ0) is 21.8. The number of carbonyl (C=O) groups is 2. The van der Waals surface area contributed by atoms with E-state index in [0.29, 0.717) is 12.8 Å². The fourth-order valence-corrected chi connectivity index (χ4v) is 4.74. The molecule has 2 aromatic carbocycles. The van der Waals surface area contributed by atoms with Crippen molar-refractivity contribution < 1.29 is 9.59 Å². The van der Waals surface area contributed by atoms with E-state index in [1.807, 2.05) is 30.3 Å². The number of rotatable bonds is 7. The third kappa shape index (κ3) is 5.92. The first-order valence-electron chi connectivity index (χ1n) is 10.6. The summed E-state index contributed by atoms with van der Waals surface area (Å²) >= 11 is 0. The summed E-state index contributed by atoms with van der Waals surface area (Å²) in [6, 6.07) is 17.8. The Morgan fingerprint density at radius 3 is 2.13 bits per heavy atom. The van der Waals surface area contributed by atoms with Crippen LogP contribution >= 0.6 is 0 Å². The van der Waals surface area contributed by atoms with Crippen molar-refractivity contribution in [3.63, 3.8) is 0 Å². The van der Waals surface area contributed by atoms with Gasteiger partial charge in [0.25, 0.3) is 0 Å². The Balaban J connectivity index is 1.66. The molecule has 0 aromatic heterocycles. The SMILES string of the molecule is CC1(C)CC(NC(=O)C(Cc2ccc(-c3ccccc3)cc2)NC=O)CC(C)(C)N1. The van der Waals surface area contributed by atoms with E-state index in [4.69, 9.17) is 0 Å². The second kappa shape index (κ2) is 9.00. The standard InChI is InChI=1S/C25H33N3O2/c1-24(2)15-21(16-25(3,4)28-24)27-23(30)22(26-17-29)14-18-10-12-20(13-11-18)19-8-6-5-7-9-19/h5-13,17,21-22,28H,14-16H2,1-4H3,(H,26,29)(H,27,30). The average Bonchev–Trinajstić information content (AvgIpc) is 2.66. The Labute approximate surface area is 179 Å². The number of carbonyl (C=O) groups excluding carboxylic acids is 2. The van der Waals surface area contributed by atoms with Crippen molar-refractivity contribution in [2.45, 2.75) is 70.1 Å². The second-order valence-electron chi connectivity index (χ2n) is 9.61. The van der Waals surface area contributed by atoms with Crippen molar-refractivity contribution in [1.29, 1.82) is 0 Å². The van der Waals surface area contributed by atoms with Crippen LogP contribution in [0.3, 0.4) is 0 Å². The molecule has 5 heteroatoms. The maximum Gasteiger partial charge on any atom is 0.243 e. The molecule has 0 aliphatic carbocycles. The van der Waals surface area contributed by atoms with Gasteiger partial charge in [0, 0.05) is 23.5 Å². The first-order valence-corrected chi connectivity index (χ1v) is 10.6. The molecule has 0 radical (unpaired) electrons. The predicted octanol–water partition coefficient (Wildman–Crippen LogP) is 3.44. The van der Waals surface area contributed by atoms with E-state index in [1.165, 1.54) is 0 Å². The molecule has 2 amide bonds. The minimum Gasteiger partial charge on any atom is -0.351 e. The highest BCUT2D eigenvalue weighted by Crippen LogP contribution is 2.28. The van der Waals surface area contributed by atoms with Gasteiger partial charge in [0.05, 0.1) is 0 Å². The van der Waals surface area contributed by atoms with Crippen LogP contribution in [0.5, 0.6) is 0 Å². The third-order valence-electron chi connectivity index (χ3n) is 5.62. The van der Waals surface area contributed by atoms with Crippen molar-refractivity contribution in [1.82, 2.24) is 16.0 Å². The minimum atomic E-state index is -0.591. The number of hydrogen-bond donors (Lipinski definition) is 3. The quantitative estimate of drug-likeness (QED) is 0.616. The Morgan fingerprint density at radius 2 is 1.57 bits per heavy atom. The van der Waals surface area contributed by atoms with Gasteiger partial charge in [-0.2, -0.15) is 0 Å². The molecule has 0 saturated carbocycles. The molecule has 30 heavy (non-hydrogen) atoms. The van der Waals surface area contributed by atoms with Crippen LogP contribution in [0.2, 0.25) is 0 Å². The van der Waals surface area contributed by atoms with Gasteiger partial charge in [-0.05, 0) is 57.2 Å². The highest BCUT2D eigenvalue weighted by molar-refractivity contribution is 5.84. The summed E-state index contributed by atoms with van der Waals surface area (Å²) in [5.74, 6) is -0.132. The molecule has 1 fully saturated rings. The van der Waals surface area contributed by atoms with Crippen LogP contribution in [0.25, 0.3) is 11.1 Å². The Bertz CT molecular complexity index is 844. The van der Waals surface area contributed by atoms with Crippen molar-refractivity contribution in [3.8, 4) is 11.1 Å². The van der Waals surface area contributed by atoms with E-state index in [1.54, 1.807) is 0 Å². The molecule has 1 heterocycles. The van der Waals surface area contributed by atoms with Crippen LogP contribution in [0, 0.1) is 0 Å². The Hall–Kier alpha value is -2.66. The lowest BCUT2D eigenvalue weighted by Gasteiger charge is -2.46. The van der Waals surface area contributed by atoms with Gasteiger partial charge < -0.3 is 16.0 Å². The van der Waals surface area contributed by atoms with Crippen LogP contribution in [0.4, 0.5) is 0 Å². The van der Waals surface area contributed by atoms with Crippen LogP contribution < -0.4 is 16.0 Å². The number of hydrogen-bond acceptors (Lipinski definition) is 3. The van der Waals surface area contributed by atoms with Gasteiger partial charge in [-0.3, -0.25) is 9.59 Å². The van der Waals surface area contributed by atoms with Gasteiger partial charge >= 0.3 is 0 Å². The summed E-state index contributed by atoms with van der Waals surface area (Å²) < 4.78 is 0. The van der Waals surface area contributed by atoms with Gasteiger partial charge in [-0.25, -0.2) is 0 Å². The molecule has 1 atom stereocenters. The van der Waals surface area contributed by atoms with Gasteiger partial charge in [-0.15, -0.1) is 0 Å². The molecule has 1 saturated heterocycles. The van der Waals surface area contributed by atoms with Gasteiger partial charge in [0.15, 0.2) is 0 Å². The zero-order valence-electron chi connectivity index (χ0n) is 18.4. The summed E-state index contributed by atoms with van der Waals surface area (Å²) in [5.41, 5.74) is 3.18. The molecule has 1 unspecified atom stereocenters. The van der Waals surface area contributed by atoms with Crippen molar-refractivity contribution in [2.24, 2.45) is 0 Å². The highest BCUT2D eigenvalue weighted by atomic mass is 16.2. The summed E-state index contributed by atoms with van der Waals surface area (Å²) in [7, 11) is 0. The summed E-state index contributed by atoms with van der Waals surface area (Å²) in [6.07, 6.45) is 2.76. The Kier molecular flexibility index (Phi) is 6.61. The number of amides is 2. The molecule has 5 nitrogen and oxygen atoms in total.